The van der Waals surface area contributed by atoms with Gasteiger partial charge in [-0.05, 0) is 18.6 Å². The molecule has 1 atom stereocenters. The number of para-hydroxylation sites is 1. The molecule has 2 heterocycles. The molecule has 1 aliphatic rings. The number of benzene rings is 1. The van der Waals surface area contributed by atoms with E-state index in [0.717, 1.165) is 5.69 Å². The van der Waals surface area contributed by atoms with Crippen molar-refractivity contribution in [3.8, 4) is 0 Å². The minimum atomic E-state index is -0.916. The second kappa shape index (κ2) is 4.73. The molecular formula is C15H15N3O3. The SMILES string of the molecule is Cc1c(C(=O)N2CC(C(=O)O)c3ccccc32)cnn1C. The van der Waals surface area contributed by atoms with Crippen molar-refractivity contribution in [2.45, 2.75) is 12.8 Å². The number of carboxylic acid groups (broad SMARTS) is 1. The third kappa shape index (κ3) is 1.99. The molecule has 3 rings (SSSR count). The van der Waals surface area contributed by atoms with Gasteiger partial charge in [0.15, 0.2) is 0 Å². The lowest BCUT2D eigenvalue weighted by atomic mass is 10.0. The summed E-state index contributed by atoms with van der Waals surface area (Å²) in [5, 5.41) is 13.4. The summed E-state index contributed by atoms with van der Waals surface area (Å²) in [6, 6.07) is 7.14. The fourth-order valence-electron chi connectivity index (χ4n) is 2.66. The van der Waals surface area contributed by atoms with E-state index in [2.05, 4.69) is 5.10 Å². The van der Waals surface area contributed by atoms with E-state index in [1.807, 2.05) is 6.92 Å². The van der Waals surface area contributed by atoms with Crippen LogP contribution >= 0.6 is 0 Å². The zero-order chi connectivity index (χ0) is 15.1. The number of amides is 1. The van der Waals surface area contributed by atoms with Crippen molar-refractivity contribution in [3.05, 3.63) is 47.3 Å². The number of nitrogens with zero attached hydrogens (tertiary/aromatic N) is 3. The number of carbonyl (C=O) groups excluding carboxylic acids is 1. The zero-order valence-corrected chi connectivity index (χ0v) is 11.8. The number of aryl methyl sites for hydroxylation is 1. The molecule has 1 aromatic heterocycles. The van der Waals surface area contributed by atoms with Crippen molar-refractivity contribution in [2.24, 2.45) is 7.05 Å². The molecule has 1 aromatic carbocycles. The van der Waals surface area contributed by atoms with Crippen LogP contribution in [0.4, 0.5) is 5.69 Å². The molecule has 0 radical (unpaired) electrons. The molecular weight excluding hydrogens is 270 g/mol. The maximum Gasteiger partial charge on any atom is 0.312 e. The average Bonchev–Trinajstić information content (AvgIpc) is 3.00. The van der Waals surface area contributed by atoms with E-state index in [9.17, 15) is 14.7 Å². The first-order chi connectivity index (χ1) is 10.0. The van der Waals surface area contributed by atoms with Gasteiger partial charge in [0.25, 0.3) is 5.91 Å². The lowest BCUT2D eigenvalue weighted by Crippen LogP contribution is -2.31. The van der Waals surface area contributed by atoms with Crippen molar-refractivity contribution in [3.63, 3.8) is 0 Å². The van der Waals surface area contributed by atoms with Gasteiger partial charge >= 0.3 is 5.97 Å². The minimum absolute atomic E-state index is 0.155. The Balaban J connectivity index is 2.03. The largest absolute Gasteiger partial charge is 0.481 e. The van der Waals surface area contributed by atoms with Crippen molar-refractivity contribution < 1.29 is 14.7 Å². The predicted molar refractivity (Wildman–Crippen MR) is 76.4 cm³/mol. The summed E-state index contributed by atoms with van der Waals surface area (Å²) in [5.74, 6) is -1.81. The summed E-state index contributed by atoms with van der Waals surface area (Å²) < 4.78 is 1.63. The van der Waals surface area contributed by atoms with Crippen LogP contribution in [0, 0.1) is 6.92 Å². The number of aliphatic carboxylic acids is 1. The van der Waals surface area contributed by atoms with Crippen LogP contribution in [0.5, 0.6) is 0 Å². The highest BCUT2D eigenvalue weighted by Crippen LogP contribution is 2.37. The minimum Gasteiger partial charge on any atom is -0.481 e. The summed E-state index contributed by atoms with van der Waals surface area (Å²) in [7, 11) is 1.77. The fourth-order valence-corrected chi connectivity index (χ4v) is 2.66. The van der Waals surface area contributed by atoms with Gasteiger partial charge in [0.05, 0.1) is 11.8 Å². The first kappa shape index (κ1) is 13.4. The molecule has 0 spiro atoms. The van der Waals surface area contributed by atoms with Crippen LogP contribution in [0.1, 0.15) is 27.5 Å². The Kier molecular flexibility index (Phi) is 3.01. The van der Waals surface area contributed by atoms with Crippen LogP contribution in [0.25, 0.3) is 0 Å². The van der Waals surface area contributed by atoms with Gasteiger partial charge in [-0.15, -0.1) is 0 Å². The molecule has 1 N–H and O–H groups in total. The summed E-state index contributed by atoms with van der Waals surface area (Å²) >= 11 is 0. The van der Waals surface area contributed by atoms with Crippen LogP contribution in [0.15, 0.2) is 30.5 Å². The Morgan fingerprint density at radius 3 is 2.67 bits per heavy atom. The fraction of sp³-hybridized carbons (Fsp3) is 0.267. The van der Waals surface area contributed by atoms with E-state index < -0.39 is 11.9 Å². The molecule has 108 valence electrons. The van der Waals surface area contributed by atoms with Gasteiger partial charge in [-0.25, -0.2) is 0 Å². The molecule has 1 unspecified atom stereocenters. The van der Waals surface area contributed by atoms with Crippen molar-refractivity contribution in [1.82, 2.24) is 9.78 Å². The maximum absolute atomic E-state index is 12.7. The smallest absolute Gasteiger partial charge is 0.312 e. The molecule has 1 aliphatic heterocycles. The zero-order valence-electron chi connectivity index (χ0n) is 11.8. The number of fused-ring (bicyclic) bond motifs is 1. The van der Waals surface area contributed by atoms with E-state index >= 15 is 0 Å². The van der Waals surface area contributed by atoms with Gasteiger partial charge < -0.3 is 10.0 Å². The first-order valence-corrected chi connectivity index (χ1v) is 6.63. The number of carbonyl (C=O) groups is 2. The predicted octanol–water partition coefficient (Wildman–Crippen LogP) is 1.56. The van der Waals surface area contributed by atoms with Crippen LogP contribution in [0.3, 0.4) is 0 Å². The number of aromatic nitrogens is 2. The van der Waals surface area contributed by atoms with E-state index in [1.54, 1.807) is 36.0 Å². The van der Waals surface area contributed by atoms with Crippen molar-refractivity contribution in [2.75, 3.05) is 11.4 Å². The average molecular weight is 285 g/mol. The number of carboxylic acids is 1. The van der Waals surface area contributed by atoms with Crippen LogP contribution in [0.2, 0.25) is 0 Å². The summed E-state index contributed by atoms with van der Waals surface area (Å²) in [5.41, 5.74) is 2.60. The van der Waals surface area contributed by atoms with Gasteiger partial charge in [0.1, 0.15) is 5.92 Å². The molecule has 2 aromatic rings. The molecule has 0 bridgehead atoms. The summed E-state index contributed by atoms with van der Waals surface area (Å²) in [4.78, 5) is 25.6. The Labute approximate surface area is 121 Å². The van der Waals surface area contributed by atoms with Crippen LogP contribution in [-0.2, 0) is 11.8 Å². The second-order valence-electron chi connectivity index (χ2n) is 5.13. The Morgan fingerprint density at radius 1 is 1.33 bits per heavy atom. The van der Waals surface area contributed by atoms with Crippen molar-refractivity contribution in [1.29, 1.82) is 0 Å². The normalized spacial score (nSPS) is 16.9. The third-order valence-electron chi connectivity index (χ3n) is 3.98. The summed E-state index contributed by atoms with van der Waals surface area (Å²) in [6.45, 7) is 1.97. The first-order valence-electron chi connectivity index (χ1n) is 6.63. The molecule has 6 heteroatoms. The van der Waals surface area contributed by atoms with Gasteiger partial charge in [0, 0.05) is 25.0 Å². The van der Waals surface area contributed by atoms with E-state index in [4.69, 9.17) is 0 Å². The summed E-state index contributed by atoms with van der Waals surface area (Å²) in [6.07, 6.45) is 1.52. The highest BCUT2D eigenvalue weighted by Gasteiger charge is 2.37. The number of anilines is 1. The van der Waals surface area contributed by atoms with E-state index in [-0.39, 0.29) is 12.5 Å². The van der Waals surface area contributed by atoms with Gasteiger partial charge in [0.2, 0.25) is 0 Å². The Hall–Kier alpha value is -2.63. The Morgan fingerprint density at radius 2 is 2.05 bits per heavy atom. The van der Waals surface area contributed by atoms with E-state index in [1.165, 1.54) is 11.1 Å². The topological polar surface area (TPSA) is 75.4 Å². The highest BCUT2D eigenvalue weighted by atomic mass is 16.4. The number of rotatable bonds is 2. The number of hydrogen-bond acceptors (Lipinski definition) is 3. The third-order valence-corrected chi connectivity index (χ3v) is 3.98. The highest BCUT2D eigenvalue weighted by molar-refractivity contribution is 6.09. The van der Waals surface area contributed by atoms with Gasteiger partial charge in [-0.1, -0.05) is 18.2 Å². The van der Waals surface area contributed by atoms with Gasteiger partial charge in [-0.2, -0.15) is 5.10 Å². The lowest BCUT2D eigenvalue weighted by molar-refractivity contribution is -0.138. The monoisotopic (exact) mass is 285 g/mol. The standard InChI is InChI=1S/C15H15N3O3/c1-9-11(7-16-17(9)2)14(19)18-8-12(15(20)21)10-5-3-4-6-13(10)18/h3-7,12H,8H2,1-2H3,(H,20,21). The van der Waals surface area contributed by atoms with Crippen LogP contribution < -0.4 is 4.90 Å². The molecule has 21 heavy (non-hydrogen) atoms. The maximum atomic E-state index is 12.7. The molecule has 0 aliphatic carbocycles. The molecule has 0 fully saturated rings. The van der Waals surface area contributed by atoms with E-state index in [0.29, 0.717) is 16.8 Å². The van der Waals surface area contributed by atoms with Gasteiger partial charge in [-0.3, -0.25) is 14.3 Å². The molecule has 6 nitrogen and oxygen atoms in total. The molecule has 0 saturated heterocycles. The Bertz CT molecular complexity index is 736. The lowest BCUT2D eigenvalue weighted by Gasteiger charge is -2.17. The molecule has 0 saturated carbocycles. The second-order valence-corrected chi connectivity index (χ2v) is 5.13. The number of hydrogen-bond donors (Lipinski definition) is 1. The van der Waals surface area contributed by atoms with Crippen LogP contribution in [-0.4, -0.2) is 33.3 Å². The quantitative estimate of drug-likeness (QED) is 0.908. The molecule has 1 amide bonds. The van der Waals surface area contributed by atoms with Crippen molar-refractivity contribution >= 4 is 17.6 Å².